The number of benzene rings is 1. The van der Waals surface area contributed by atoms with Gasteiger partial charge in [0.05, 0.1) is 4.47 Å². The van der Waals surface area contributed by atoms with Gasteiger partial charge in [0, 0.05) is 6.54 Å². The average Bonchev–Trinajstić information content (AvgIpc) is 2.25. The van der Waals surface area contributed by atoms with Crippen molar-refractivity contribution in [1.29, 1.82) is 0 Å². The SMILES string of the molecule is Fc1ccc(C=C2CCCNC2)cc1Br. The number of piperidine rings is 1. The van der Waals surface area contributed by atoms with Crippen molar-refractivity contribution in [2.45, 2.75) is 12.8 Å². The zero-order valence-electron chi connectivity index (χ0n) is 8.39. The van der Waals surface area contributed by atoms with E-state index < -0.39 is 0 Å². The lowest BCUT2D eigenvalue weighted by Crippen LogP contribution is -2.23. The lowest BCUT2D eigenvalue weighted by molar-refractivity contribution is 0.613. The van der Waals surface area contributed by atoms with Crippen LogP contribution in [0.1, 0.15) is 18.4 Å². The molecule has 0 aromatic heterocycles. The Morgan fingerprint density at radius 3 is 2.93 bits per heavy atom. The predicted octanol–water partition coefficient (Wildman–Crippen LogP) is 3.36. The summed E-state index contributed by atoms with van der Waals surface area (Å²) < 4.78 is 13.5. The molecule has 0 saturated carbocycles. The highest BCUT2D eigenvalue weighted by atomic mass is 79.9. The maximum atomic E-state index is 13.0. The fraction of sp³-hybridized carbons (Fsp3) is 0.333. The molecular weight excluding hydrogens is 257 g/mol. The third kappa shape index (κ3) is 2.89. The summed E-state index contributed by atoms with van der Waals surface area (Å²) in [5, 5.41) is 3.33. The van der Waals surface area contributed by atoms with Crippen LogP contribution in [0.2, 0.25) is 0 Å². The van der Waals surface area contributed by atoms with Gasteiger partial charge in [0.2, 0.25) is 0 Å². The Labute approximate surface area is 97.5 Å². The van der Waals surface area contributed by atoms with Crippen LogP contribution in [0.4, 0.5) is 4.39 Å². The minimum atomic E-state index is -0.209. The van der Waals surface area contributed by atoms with Gasteiger partial charge in [-0.15, -0.1) is 0 Å². The fourth-order valence-corrected chi connectivity index (χ4v) is 2.14. The Kier molecular flexibility index (Phi) is 3.54. The van der Waals surface area contributed by atoms with Gasteiger partial charge >= 0.3 is 0 Å². The molecule has 1 nitrogen and oxygen atoms in total. The van der Waals surface area contributed by atoms with E-state index in [4.69, 9.17) is 0 Å². The standard InChI is InChI=1S/C12H13BrFN/c13-11-7-9(3-4-12(11)14)6-10-2-1-5-15-8-10/h3-4,6-7,15H,1-2,5,8H2. The summed E-state index contributed by atoms with van der Waals surface area (Å²) >= 11 is 3.19. The van der Waals surface area contributed by atoms with Gasteiger partial charge < -0.3 is 5.32 Å². The molecule has 0 amide bonds. The molecule has 1 aromatic rings. The Morgan fingerprint density at radius 1 is 1.40 bits per heavy atom. The number of nitrogens with one attached hydrogen (secondary N) is 1. The number of hydrogen-bond acceptors (Lipinski definition) is 1. The second-order valence-electron chi connectivity index (χ2n) is 3.76. The summed E-state index contributed by atoms with van der Waals surface area (Å²) in [6.45, 7) is 2.06. The molecule has 1 aliphatic rings. The van der Waals surface area contributed by atoms with Crippen LogP contribution in [0.3, 0.4) is 0 Å². The van der Waals surface area contributed by atoms with Gasteiger partial charge in [0.15, 0.2) is 0 Å². The minimum absolute atomic E-state index is 0.209. The molecule has 0 aliphatic carbocycles. The van der Waals surface area contributed by atoms with Gasteiger partial charge in [0.25, 0.3) is 0 Å². The lowest BCUT2D eigenvalue weighted by atomic mass is 10.0. The largest absolute Gasteiger partial charge is 0.313 e. The highest BCUT2D eigenvalue weighted by Gasteiger charge is 2.05. The molecule has 1 fully saturated rings. The van der Waals surface area contributed by atoms with E-state index in [0.29, 0.717) is 4.47 Å². The summed E-state index contributed by atoms with van der Waals surface area (Å²) in [6.07, 6.45) is 4.46. The molecule has 0 bridgehead atoms. The normalized spacial score (nSPS) is 19.5. The third-order valence-electron chi connectivity index (χ3n) is 2.52. The zero-order valence-corrected chi connectivity index (χ0v) is 9.98. The van der Waals surface area contributed by atoms with Gasteiger partial charge in [0.1, 0.15) is 5.82 Å². The van der Waals surface area contributed by atoms with E-state index in [0.717, 1.165) is 25.1 Å². The molecule has 0 spiro atoms. The molecule has 1 heterocycles. The van der Waals surface area contributed by atoms with Gasteiger partial charge in [-0.25, -0.2) is 4.39 Å². The highest BCUT2D eigenvalue weighted by molar-refractivity contribution is 9.10. The molecular formula is C12H13BrFN. The Bertz CT molecular complexity index is 379. The fourth-order valence-electron chi connectivity index (χ4n) is 1.74. The number of rotatable bonds is 1. The molecule has 0 atom stereocenters. The van der Waals surface area contributed by atoms with Crippen molar-refractivity contribution in [3.63, 3.8) is 0 Å². The molecule has 1 saturated heterocycles. The van der Waals surface area contributed by atoms with E-state index in [1.54, 1.807) is 0 Å². The van der Waals surface area contributed by atoms with Crippen molar-refractivity contribution in [2.75, 3.05) is 13.1 Å². The second-order valence-corrected chi connectivity index (χ2v) is 4.61. The van der Waals surface area contributed by atoms with E-state index in [-0.39, 0.29) is 5.82 Å². The van der Waals surface area contributed by atoms with Crippen LogP contribution in [0, 0.1) is 5.82 Å². The van der Waals surface area contributed by atoms with Crippen molar-refractivity contribution in [3.05, 3.63) is 39.6 Å². The summed E-state index contributed by atoms with van der Waals surface area (Å²) in [4.78, 5) is 0. The van der Waals surface area contributed by atoms with Crippen LogP contribution in [0.25, 0.3) is 6.08 Å². The predicted molar refractivity (Wildman–Crippen MR) is 64.2 cm³/mol. The quantitative estimate of drug-likeness (QED) is 0.825. The van der Waals surface area contributed by atoms with Gasteiger partial charge in [-0.1, -0.05) is 17.7 Å². The molecule has 2 rings (SSSR count). The molecule has 0 radical (unpaired) electrons. The zero-order chi connectivity index (χ0) is 10.7. The van der Waals surface area contributed by atoms with E-state index in [2.05, 4.69) is 27.3 Å². The van der Waals surface area contributed by atoms with E-state index >= 15 is 0 Å². The summed E-state index contributed by atoms with van der Waals surface area (Å²) in [5.74, 6) is -0.209. The molecule has 1 N–H and O–H groups in total. The molecule has 15 heavy (non-hydrogen) atoms. The first-order valence-corrected chi connectivity index (χ1v) is 5.90. The first-order valence-electron chi connectivity index (χ1n) is 5.11. The van der Waals surface area contributed by atoms with E-state index in [9.17, 15) is 4.39 Å². The average molecular weight is 270 g/mol. The topological polar surface area (TPSA) is 12.0 Å². The molecule has 1 aromatic carbocycles. The Balaban J connectivity index is 2.18. The van der Waals surface area contributed by atoms with Crippen molar-refractivity contribution < 1.29 is 4.39 Å². The maximum absolute atomic E-state index is 13.0. The molecule has 0 unspecified atom stereocenters. The summed E-state index contributed by atoms with van der Waals surface area (Å²) in [6, 6.07) is 5.12. The maximum Gasteiger partial charge on any atom is 0.137 e. The smallest absolute Gasteiger partial charge is 0.137 e. The van der Waals surface area contributed by atoms with Crippen LogP contribution in [0.5, 0.6) is 0 Å². The molecule has 80 valence electrons. The van der Waals surface area contributed by atoms with Crippen LogP contribution in [-0.4, -0.2) is 13.1 Å². The van der Waals surface area contributed by atoms with Crippen LogP contribution in [0.15, 0.2) is 28.2 Å². The van der Waals surface area contributed by atoms with Crippen molar-refractivity contribution >= 4 is 22.0 Å². The second kappa shape index (κ2) is 4.90. The van der Waals surface area contributed by atoms with Gasteiger partial charge in [-0.05, 0) is 53.0 Å². The van der Waals surface area contributed by atoms with Crippen LogP contribution in [-0.2, 0) is 0 Å². The van der Waals surface area contributed by atoms with Crippen LogP contribution < -0.4 is 5.32 Å². The van der Waals surface area contributed by atoms with Crippen LogP contribution >= 0.6 is 15.9 Å². The third-order valence-corrected chi connectivity index (χ3v) is 3.13. The van der Waals surface area contributed by atoms with Gasteiger partial charge in [-0.2, -0.15) is 0 Å². The monoisotopic (exact) mass is 269 g/mol. The molecule has 3 heteroatoms. The highest BCUT2D eigenvalue weighted by Crippen LogP contribution is 2.20. The number of hydrogen-bond donors (Lipinski definition) is 1. The van der Waals surface area contributed by atoms with E-state index in [1.165, 1.54) is 18.1 Å². The minimum Gasteiger partial charge on any atom is -0.313 e. The van der Waals surface area contributed by atoms with Crippen molar-refractivity contribution in [2.24, 2.45) is 0 Å². The lowest BCUT2D eigenvalue weighted by Gasteiger charge is -2.15. The van der Waals surface area contributed by atoms with Gasteiger partial charge in [-0.3, -0.25) is 0 Å². The van der Waals surface area contributed by atoms with E-state index in [1.807, 2.05) is 12.1 Å². The Morgan fingerprint density at radius 2 is 2.27 bits per heavy atom. The molecule has 1 aliphatic heterocycles. The Hall–Kier alpha value is -0.670. The van der Waals surface area contributed by atoms with Crippen molar-refractivity contribution in [1.82, 2.24) is 5.32 Å². The first kappa shape index (κ1) is 10.8. The first-order chi connectivity index (χ1) is 7.25. The summed E-state index contributed by atoms with van der Waals surface area (Å²) in [5.41, 5.74) is 2.45. The summed E-state index contributed by atoms with van der Waals surface area (Å²) in [7, 11) is 0. The number of halogens is 2. The van der Waals surface area contributed by atoms with Crippen molar-refractivity contribution in [3.8, 4) is 0 Å².